The molecule has 0 radical (unpaired) electrons. The summed E-state index contributed by atoms with van der Waals surface area (Å²) >= 11 is 6.49. The summed E-state index contributed by atoms with van der Waals surface area (Å²) in [5, 5.41) is 2.28. The first-order valence-electron chi connectivity index (χ1n) is 8.83. The summed E-state index contributed by atoms with van der Waals surface area (Å²) < 4.78 is 30.2. The fourth-order valence-corrected chi connectivity index (χ4v) is 4.67. The monoisotopic (exact) mass is 414 g/mol. The van der Waals surface area contributed by atoms with Gasteiger partial charge in [-0.15, -0.1) is 0 Å². The van der Waals surface area contributed by atoms with Crippen molar-refractivity contribution in [3.05, 3.63) is 53.2 Å². The molecule has 0 aliphatic heterocycles. The first kappa shape index (κ1) is 18.8. The normalized spacial score (nSPS) is 12.0. The molecule has 0 atom stereocenters. The summed E-state index contributed by atoms with van der Waals surface area (Å²) in [5.41, 5.74) is 4.08. The number of sulfone groups is 1. The van der Waals surface area contributed by atoms with Crippen LogP contribution in [0.2, 0.25) is 5.02 Å². The summed E-state index contributed by atoms with van der Waals surface area (Å²) in [5.74, 6) is 0.583. The Labute approximate surface area is 168 Å². The van der Waals surface area contributed by atoms with Crippen LogP contribution in [0.3, 0.4) is 0 Å². The average molecular weight is 415 g/mol. The highest BCUT2D eigenvalue weighted by atomic mass is 35.5. The fraction of sp³-hybridized carbons (Fsp3) is 0.190. The number of halogens is 1. The number of nitrogens with zero attached hydrogens (tertiary/aromatic N) is 1. The maximum Gasteiger partial charge on any atom is 0.178 e. The van der Waals surface area contributed by atoms with E-state index in [4.69, 9.17) is 16.3 Å². The van der Waals surface area contributed by atoms with Crippen molar-refractivity contribution in [3.63, 3.8) is 0 Å². The van der Waals surface area contributed by atoms with Gasteiger partial charge in [0, 0.05) is 17.0 Å². The van der Waals surface area contributed by atoms with Crippen LogP contribution in [0.5, 0.6) is 5.75 Å². The highest BCUT2D eigenvalue weighted by Gasteiger charge is 2.20. The second kappa shape index (κ2) is 6.79. The number of hydrogen-bond acceptors (Lipinski definition) is 4. The molecule has 0 fully saturated rings. The van der Waals surface area contributed by atoms with Crippen LogP contribution in [0, 0.1) is 6.92 Å². The number of hydrogen-bond donors (Lipinski definition) is 1. The Morgan fingerprint density at radius 2 is 2.00 bits per heavy atom. The minimum Gasteiger partial charge on any atom is -0.493 e. The van der Waals surface area contributed by atoms with E-state index in [1.165, 1.54) is 0 Å². The molecule has 0 saturated heterocycles. The largest absolute Gasteiger partial charge is 0.493 e. The van der Waals surface area contributed by atoms with Gasteiger partial charge in [-0.1, -0.05) is 30.7 Å². The van der Waals surface area contributed by atoms with Crippen molar-refractivity contribution in [2.45, 2.75) is 18.7 Å². The van der Waals surface area contributed by atoms with E-state index < -0.39 is 9.84 Å². The van der Waals surface area contributed by atoms with Crippen molar-refractivity contribution in [1.29, 1.82) is 0 Å². The number of benzene rings is 2. The molecule has 2 aromatic heterocycles. The molecule has 2 heterocycles. The van der Waals surface area contributed by atoms with Crippen LogP contribution in [0.1, 0.15) is 12.5 Å². The summed E-state index contributed by atoms with van der Waals surface area (Å²) in [6.45, 7) is 3.62. The van der Waals surface area contributed by atoms with Crippen molar-refractivity contribution in [3.8, 4) is 16.9 Å². The van der Waals surface area contributed by atoms with Gasteiger partial charge in [-0.25, -0.2) is 13.4 Å². The van der Waals surface area contributed by atoms with Crippen molar-refractivity contribution < 1.29 is 13.2 Å². The first-order valence-corrected chi connectivity index (χ1v) is 10.9. The molecule has 2 aromatic carbocycles. The van der Waals surface area contributed by atoms with E-state index in [2.05, 4.69) is 9.97 Å². The SMILES string of the molecule is CCS(=O)(=O)c1cccc(-c2cc(Cl)c(OC)c3[nH]c4ncc(C)cc4c23)c1. The number of H-pyrrole nitrogens is 1. The van der Waals surface area contributed by atoms with Crippen molar-refractivity contribution in [1.82, 2.24) is 9.97 Å². The standard InChI is InChI=1S/C21H19ClN2O3S/c1-4-28(25,26)14-7-5-6-13(9-14)15-10-17(22)20(27-3)19-18(15)16-8-12(2)11-23-21(16)24-19/h5-11H,4H2,1-3H3,(H,23,24). The molecule has 0 unspecified atom stereocenters. The van der Waals surface area contributed by atoms with E-state index in [0.29, 0.717) is 15.7 Å². The molecule has 0 amide bonds. The molecule has 4 rings (SSSR count). The highest BCUT2D eigenvalue weighted by molar-refractivity contribution is 7.91. The number of aromatic nitrogens is 2. The highest BCUT2D eigenvalue weighted by Crippen LogP contribution is 2.43. The Kier molecular flexibility index (Phi) is 4.56. The van der Waals surface area contributed by atoms with E-state index in [-0.39, 0.29) is 5.75 Å². The lowest BCUT2D eigenvalue weighted by atomic mass is 9.99. The van der Waals surface area contributed by atoms with E-state index in [1.807, 2.05) is 25.1 Å². The molecule has 0 aliphatic rings. The van der Waals surface area contributed by atoms with E-state index >= 15 is 0 Å². The fourth-order valence-electron chi connectivity index (χ4n) is 3.46. The van der Waals surface area contributed by atoms with Gasteiger partial charge in [0.05, 0.1) is 28.3 Å². The van der Waals surface area contributed by atoms with Gasteiger partial charge in [0.2, 0.25) is 0 Å². The third kappa shape index (κ3) is 2.93. The van der Waals surface area contributed by atoms with Crippen LogP contribution in [0.25, 0.3) is 33.1 Å². The van der Waals surface area contributed by atoms with Crippen LogP contribution in [0.4, 0.5) is 0 Å². The molecule has 5 nitrogen and oxygen atoms in total. The van der Waals surface area contributed by atoms with Gasteiger partial charge in [-0.05, 0) is 47.9 Å². The number of nitrogens with one attached hydrogen (secondary N) is 1. The summed E-state index contributed by atoms with van der Waals surface area (Å²) in [4.78, 5) is 8.06. The zero-order chi connectivity index (χ0) is 20.1. The second-order valence-corrected chi connectivity index (χ2v) is 9.34. The van der Waals surface area contributed by atoms with Gasteiger partial charge in [0.1, 0.15) is 5.65 Å². The van der Waals surface area contributed by atoms with Gasteiger partial charge < -0.3 is 9.72 Å². The second-order valence-electron chi connectivity index (χ2n) is 6.65. The molecule has 0 bridgehead atoms. The molecular weight excluding hydrogens is 396 g/mol. The maximum atomic E-state index is 12.4. The molecule has 4 aromatic rings. The number of fused-ring (bicyclic) bond motifs is 3. The Morgan fingerprint density at radius 3 is 2.71 bits per heavy atom. The van der Waals surface area contributed by atoms with Crippen LogP contribution in [-0.4, -0.2) is 31.2 Å². The Bertz CT molecular complexity index is 1330. The van der Waals surface area contributed by atoms with E-state index in [1.54, 1.807) is 38.4 Å². The zero-order valence-corrected chi connectivity index (χ0v) is 17.3. The zero-order valence-electron chi connectivity index (χ0n) is 15.7. The minimum absolute atomic E-state index is 0.0471. The van der Waals surface area contributed by atoms with Gasteiger partial charge in [-0.3, -0.25) is 0 Å². The molecule has 0 aliphatic carbocycles. The lowest BCUT2D eigenvalue weighted by Gasteiger charge is -2.11. The molecule has 7 heteroatoms. The predicted molar refractivity (Wildman–Crippen MR) is 113 cm³/mol. The van der Waals surface area contributed by atoms with Gasteiger partial charge in [0.25, 0.3) is 0 Å². The van der Waals surface area contributed by atoms with Crippen molar-refractivity contribution in [2.75, 3.05) is 12.9 Å². The topological polar surface area (TPSA) is 72.1 Å². The lowest BCUT2D eigenvalue weighted by molar-refractivity contribution is 0.419. The average Bonchev–Trinajstić information content (AvgIpc) is 3.05. The third-order valence-electron chi connectivity index (χ3n) is 4.86. The molecule has 0 saturated carbocycles. The van der Waals surface area contributed by atoms with Gasteiger partial charge >= 0.3 is 0 Å². The number of aromatic amines is 1. The summed E-state index contributed by atoms with van der Waals surface area (Å²) in [7, 11) is -1.75. The minimum atomic E-state index is -3.32. The van der Waals surface area contributed by atoms with Crippen molar-refractivity contribution in [2.24, 2.45) is 0 Å². The quantitative estimate of drug-likeness (QED) is 0.501. The van der Waals surface area contributed by atoms with Crippen LogP contribution in [-0.2, 0) is 9.84 Å². The predicted octanol–water partition coefficient (Wildman–Crippen LogP) is 5.15. The van der Waals surface area contributed by atoms with Gasteiger partial charge in [-0.2, -0.15) is 0 Å². The Balaban J connectivity index is 2.12. The van der Waals surface area contributed by atoms with Crippen molar-refractivity contribution >= 4 is 43.4 Å². The number of aryl methyl sites for hydroxylation is 1. The Morgan fingerprint density at radius 1 is 1.21 bits per heavy atom. The number of methoxy groups -OCH3 is 1. The number of pyridine rings is 1. The maximum absolute atomic E-state index is 12.4. The molecule has 1 N–H and O–H groups in total. The molecular formula is C21H19ClN2O3S. The van der Waals surface area contributed by atoms with Crippen LogP contribution >= 0.6 is 11.6 Å². The summed E-state index contributed by atoms with van der Waals surface area (Å²) in [6.07, 6.45) is 1.79. The number of rotatable bonds is 4. The van der Waals surface area contributed by atoms with Crippen LogP contribution in [0.15, 0.2) is 47.5 Å². The Hall–Kier alpha value is -2.57. The smallest absolute Gasteiger partial charge is 0.178 e. The molecule has 144 valence electrons. The molecule has 28 heavy (non-hydrogen) atoms. The third-order valence-corrected chi connectivity index (χ3v) is 6.87. The summed E-state index contributed by atoms with van der Waals surface area (Å²) in [6, 6.07) is 10.8. The first-order chi connectivity index (χ1) is 13.4. The van der Waals surface area contributed by atoms with E-state index in [0.717, 1.165) is 38.6 Å². The van der Waals surface area contributed by atoms with E-state index in [9.17, 15) is 8.42 Å². The molecule has 0 spiro atoms. The van der Waals surface area contributed by atoms with Crippen LogP contribution < -0.4 is 4.74 Å². The lowest BCUT2D eigenvalue weighted by Crippen LogP contribution is -2.03. The van der Waals surface area contributed by atoms with Gasteiger partial charge in [0.15, 0.2) is 15.6 Å². The number of ether oxygens (including phenoxy) is 1.